The number of hydrogen-bond acceptors (Lipinski definition) is 2. The van der Waals surface area contributed by atoms with E-state index >= 15 is 0 Å². The van der Waals surface area contributed by atoms with Gasteiger partial charge in [0.15, 0.2) is 0 Å². The lowest BCUT2D eigenvalue weighted by Crippen LogP contribution is -2.10. The lowest BCUT2D eigenvalue weighted by atomic mass is 9.97. The van der Waals surface area contributed by atoms with E-state index in [4.69, 9.17) is 4.42 Å². The first kappa shape index (κ1) is 40.6. The number of fused-ring (bicyclic) bond motifs is 9. The predicted molar refractivity (Wildman–Crippen MR) is 299 cm³/mol. The van der Waals surface area contributed by atoms with Crippen LogP contribution in [0.3, 0.4) is 0 Å². The molecule has 3 heteroatoms. The Morgan fingerprint density at radius 1 is 0.268 bits per heavy atom. The predicted octanol–water partition coefficient (Wildman–Crippen LogP) is 19.1. The molecular formula is C68H44N2O. The number of anilines is 3. The van der Waals surface area contributed by atoms with Crippen LogP contribution in [0.25, 0.3) is 115 Å². The molecule has 14 rings (SSSR count). The Balaban J connectivity index is 0.846. The van der Waals surface area contributed by atoms with Crippen LogP contribution in [0, 0.1) is 0 Å². The average molecular weight is 905 g/mol. The molecule has 0 spiro atoms. The van der Waals surface area contributed by atoms with Crippen molar-refractivity contribution in [2.24, 2.45) is 0 Å². The SMILES string of the molecule is c1cc(-c2ccc(N(c3ccc(-c4cccc(-n5c6ccccc6c6ccccc65)c4)cc3)c3cccc(-c4ccc5oc6c7ccccc7ccc6c5c4)c3)cc2)cc(-c2ccc3ccccc3c2)c1. The van der Waals surface area contributed by atoms with Crippen LogP contribution in [-0.4, -0.2) is 4.57 Å². The van der Waals surface area contributed by atoms with Crippen molar-refractivity contribution in [3.8, 4) is 50.2 Å². The highest BCUT2D eigenvalue weighted by atomic mass is 16.3. The van der Waals surface area contributed by atoms with Gasteiger partial charge in [-0.15, -0.1) is 0 Å². The first-order chi connectivity index (χ1) is 35.2. The summed E-state index contributed by atoms with van der Waals surface area (Å²) in [6.07, 6.45) is 0. The van der Waals surface area contributed by atoms with Crippen molar-refractivity contribution < 1.29 is 4.42 Å². The van der Waals surface area contributed by atoms with Crippen LogP contribution in [0.2, 0.25) is 0 Å². The Kier molecular flexibility index (Phi) is 9.53. The largest absolute Gasteiger partial charge is 0.455 e. The first-order valence-corrected chi connectivity index (χ1v) is 24.3. The van der Waals surface area contributed by atoms with E-state index in [1.54, 1.807) is 0 Å². The van der Waals surface area contributed by atoms with E-state index in [2.05, 4.69) is 276 Å². The summed E-state index contributed by atoms with van der Waals surface area (Å²) < 4.78 is 8.90. The van der Waals surface area contributed by atoms with E-state index < -0.39 is 0 Å². The van der Waals surface area contributed by atoms with Gasteiger partial charge in [-0.3, -0.25) is 0 Å². The van der Waals surface area contributed by atoms with Gasteiger partial charge in [-0.1, -0.05) is 176 Å². The van der Waals surface area contributed by atoms with E-state index in [-0.39, 0.29) is 0 Å². The summed E-state index contributed by atoms with van der Waals surface area (Å²) in [6.45, 7) is 0. The highest BCUT2D eigenvalue weighted by Crippen LogP contribution is 2.42. The normalized spacial score (nSPS) is 11.7. The van der Waals surface area contributed by atoms with E-state index in [0.29, 0.717) is 0 Å². The third-order valence-electron chi connectivity index (χ3n) is 14.3. The van der Waals surface area contributed by atoms with Gasteiger partial charge in [0.05, 0.1) is 11.0 Å². The van der Waals surface area contributed by atoms with Gasteiger partial charge in [-0.05, 0) is 152 Å². The van der Waals surface area contributed by atoms with Crippen molar-refractivity contribution in [1.29, 1.82) is 0 Å². The molecule has 0 aliphatic rings. The molecule has 0 bridgehead atoms. The number of aromatic nitrogens is 1. The smallest absolute Gasteiger partial charge is 0.143 e. The summed E-state index contributed by atoms with van der Waals surface area (Å²) in [6, 6.07) is 96.8. The molecule has 0 N–H and O–H groups in total. The third-order valence-corrected chi connectivity index (χ3v) is 14.3. The molecule has 0 saturated carbocycles. The number of rotatable bonds is 8. The summed E-state index contributed by atoms with van der Waals surface area (Å²) in [7, 11) is 0. The average Bonchev–Trinajstić information content (AvgIpc) is 4.00. The van der Waals surface area contributed by atoms with Gasteiger partial charge < -0.3 is 13.9 Å². The maximum Gasteiger partial charge on any atom is 0.143 e. The number of hydrogen-bond donors (Lipinski definition) is 0. The Morgan fingerprint density at radius 3 is 1.49 bits per heavy atom. The molecule has 2 aromatic heterocycles. The lowest BCUT2D eigenvalue weighted by molar-refractivity contribution is 0.672. The van der Waals surface area contributed by atoms with Gasteiger partial charge in [-0.25, -0.2) is 0 Å². The second kappa shape index (κ2) is 16.7. The number of benzene rings is 12. The fourth-order valence-electron chi connectivity index (χ4n) is 10.8. The number of furan rings is 1. The van der Waals surface area contributed by atoms with Gasteiger partial charge in [0.25, 0.3) is 0 Å². The molecule has 332 valence electrons. The first-order valence-electron chi connectivity index (χ1n) is 24.3. The molecular weight excluding hydrogens is 861 g/mol. The minimum atomic E-state index is 0.890. The van der Waals surface area contributed by atoms with E-state index in [1.165, 1.54) is 54.7 Å². The summed E-state index contributed by atoms with van der Waals surface area (Å²) in [5, 5.41) is 9.56. The summed E-state index contributed by atoms with van der Waals surface area (Å²) >= 11 is 0. The van der Waals surface area contributed by atoms with Crippen molar-refractivity contribution in [1.82, 2.24) is 4.57 Å². The fraction of sp³-hybridized carbons (Fsp3) is 0. The Bertz CT molecular complexity index is 4290. The van der Waals surface area contributed by atoms with Crippen LogP contribution >= 0.6 is 0 Å². The molecule has 0 saturated heterocycles. The van der Waals surface area contributed by atoms with Crippen LogP contribution < -0.4 is 4.90 Å². The fourth-order valence-corrected chi connectivity index (χ4v) is 10.8. The molecule has 0 fully saturated rings. The zero-order valence-corrected chi connectivity index (χ0v) is 38.7. The highest BCUT2D eigenvalue weighted by Gasteiger charge is 2.18. The zero-order chi connectivity index (χ0) is 46.8. The van der Waals surface area contributed by atoms with Crippen molar-refractivity contribution in [3.63, 3.8) is 0 Å². The van der Waals surface area contributed by atoms with Gasteiger partial charge in [0.1, 0.15) is 11.2 Å². The second-order valence-corrected chi connectivity index (χ2v) is 18.5. The molecule has 0 radical (unpaired) electrons. The summed E-state index contributed by atoms with van der Waals surface area (Å²) in [4.78, 5) is 2.37. The van der Waals surface area contributed by atoms with Crippen LogP contribution in [-0.2, 0) is 0 Å². The van der Waals surface area contributed by atoms with Crippen LogP contribution in [0.15, 0.2) is 271 Å². The molecule has 0 aliphatic carbocycles. The van der Waals surface area contributed by atoms with Crippen molar-refractivity contribution in [2.45, 2.75) is 0 Å². The van der Waals surface area contributed by atoms with Gasteiger partial charge in [-0.2, -0.15) is 0 Å². The van der Waals surface area contributed by atoms with Gasteiger partial charge in [0.2, 0.25) is 0 Å². The molecule has 0 unspecified atom stereocenters. The highest BCUT2D eigenvalue weighted by molar-refractivity contribution is 6.15. The molecule has 12 aromatic carbocycles. The molecule has 71 heavy (non-hydrogen) atoms. The minimum absolute atomic E-state index is 0.890. The van der Waals surface area contributed by atoms with Gasteiger partial charge in [0, 0.05) is 49.7 Å². The van der Waals surface area contributed by atoms with Crippen molar-refractivity contribution in [3.05, 3.63) is 267 Å². The maximum absolute atomic E-state index is 6.51. The third kappa shape index (κ3) is 7.06. The van der Waals surface area contributed by atoms with Gasteiger partial charge >= 0.3 is 0 Å². The van der Waals surface area contributed by atoms with E-state index in [0.717, 1.165) is 77.9 Å². The van der Waals surface area contributed by atoms with E-state index in [9.17, 15) is 0 Å². The molecule has 3 nitrogen and oxygen atoms in total. The monoisotopic (exact) mass is 904 g/mol. The standard InChI is InChI=1S/C68H44N2O/c1-2-14-49-41-54(27-26-45(49)12-1)51-16-9-15-50(40-51)46-28-34-56(35-29-46)69(58-19-11-18-53(43-58)55-33-39-67-64(44-55)63-38-32-48-13-3-4-21-60(48)68(63)71-67)57-36-30-47(31-37-57)52-17-10-20-59(42-52)70-65-24-7-5-22-61(65)62-23-6-8-25-66(62)70/h1-44H. The van der Waals surface area contributed by atoms with Crippen LogP contribution in [0.1, 0.15) is 0 Å². The minimum Gasteiger partial charge on any atom is -0.455 e. The van der Waals surface area contributed by atoms with Crippen molar-refractivity contribution >= 4 is 82.4 Å². The molecule has 0 atom stereocenters. The zero-order valence-electron chi connectivity index (χ0n) is 38.7. The molecule has 2 heterocycles. The topological polar surface area (TPSA) is 21.3 Å². The lowest BCUT2D eigenvalue weighted by Gasteiger charge is -2.26. The van der Waals surface area contributed by atoms with Crippen molar-refractivity contribution in [2.75, 3.05) is 4.90 Å². The maximum atomic E-state index is 6.51. The van der Waals surface area contributed by atoms with E-state index in [1.807, 2.05) is 0 Å². The quantitative estimate of drug-likeness (QED) is 0.151. The second-order valence-electron chi connectivity index (χ2n) is 18.5. The summed E-state index contributed by atoms with van der Waals surface area (Å²) in [5.74, 6) is 0. The molecule has 0 amide bonds. The Labute approximate surface area is 411 Å². The molecule has 0 aliphatic heterocycles. The van der Waals surface area contributed by atoms with Crippen LogP contribution in [0.4, 0.5) is 17.1 Å². The molecule has 14 aromatic rings. The summed E-state index contributed by atoms with van der Waals surface area (Å²) in [5.41, 5.74) is 17.9. The number of nitrogens with zero attached hydrogens (tertiary/aromatic N) is 2. The Morgan fingerprint density at radius 2 is 0.775 bits per heavy atom. The van der Waals surface area contributed by atoms with Crippen LogP contribution in [0.5, 0.6) is 0 Å². The Hall–Kier alpha value is -9.44. The number of para-hydroxylation sites is 2.